The maximum absolute atomic E-state index is 10.8. The van der Waals surface area contributed by atoms with Gasteiger partial charge in [0.2, 0.25) is 0 Å². The first-order valence-corrected chi connectivity index (χ1v) is 7.68. The van der Waals surface area contributed by atoms with E-state index in [0.29, 0.717) is 5.41 Å². The van der Waals surface area contributed by atoms with Crippen molar-refractivity contribution in [1.82, 2.24) is 9.78 Å². The number of methoxy groups -OCH3 is 1. The maximum Gasteiger partial charge on any atom is 0.111 e. The summed E-state index contributed by atoms with van der Waals surface area (Å²) >= 11 is 0. The summed E-state index contributed by atoms with van der Waals surface area (Å²) in [6, 6.07) is 0. The third kappa shape index (κ3) is 3.07. The molecule has 0 aliphatic heterocycles. The predicted octanol–water partition coefficient (Wildman–Crippen LogP) is 3.31. The van der Waals surface area contributed by atoms with Gasteiger partial charge in [-0.2, -0.15) is 5.10 Å². The van der Waals surface area contributed by atoms with Crippen molar-refractivity contribution >= 4 is 0 Å². The van der Waals surface area contributed by atoms with Crippen LogP contribution in [0.4, 0.5) is 0 Å². The molecule has 2 rings (SSSR count). The molecule has 4 heteroatoms. The summed E-state index contributed by atoms with van der Waals surface area (Å²) in [7, 11) is 1.72. The Morgan fingerprint density at radius 1 is 1.35 bits per heavy atom. The smallest absolute Gasteiger partial charge is 0.111 e. The Kier molecular flexibility index (Phi) is 4.55. The lowest BCUT2D eigenvalue weighted by molar-refractivity contribution is -0.138. The minimum atomic E-state index is -0.589. The van der Waals surface area contributed by atoms with E-state index in [1.807, 2.05) is 10.9 Å². The Morgan fingerprint density at radius 2 is 2.00 bits per heavy atom. The highest BCUT2D eigenvalue weighted by Crippen LogP contribution is 2.47. The topological polar surface area (TPSA) is 47.3 Å². The highest BCUT2D eigenvalue weighted by atomic mass is 16.5. The Hall–Kier alpha value is -0.870. The number of ether oxygens (including phenoxy) is 1. The number of aryl methyl sites for hydroxylation is 1. The molecule has 1 aliphatic carbocycles. The van der Waals surface area contributed by atoms with Crippen molar-refractivity contribution in [3.63, 3.8) is 0 Å². The molecule has 1 aromatic heterocycles. The molecule has 1 N–H and O–H groups in total. The summed E-state index contributed by atoms with van der Waals surface area (Å²) in [4.78, 5) is 0. The zero-order chi connectivity index (χ0) is 14.8. The van der Waals surface area contributed by atoms with Gasteiger partial charge in [-0.25, -0.2) is 0 Å². The minimum Gasteiger partial charge on any atom is -0.385 e. The zero-order valence-electron chi connectivity index (χ0n) is 13.2. The van der Waals surface area contributed by atoms with Crippen LogP contribution in [0.25, 0.3) is 0 Å². The molecule has 1 atom stereocenters. The van der Waals surface area contributed by atoms with Gasteiger partial charge < -0.3 is 9.84 Å². The van der Waals surface area contributed by atoms with E-state index < -0.39 is 11.7 Å². The van der Waals surface area contributed by atoms with Crippen molar-refractivity contribution in [2.24, 2.45) is 5.41 Å². The van der Waals surface area contributed by atoms with Gasteiger partial charge in [-0.3, -0.25) is 4.68 Å². The quantitative estimate of drug-likeness (QED) is 0.900. The van der Waals surface area contributed by atoms with Crippen LogP contribution in [0.1, 0.15) is 64.5 Å². The van der Waals surface area contributed by atoms with E-state index >= 15 is 0 Å². The minimum absolute atomic E-state index is 0.355. The highest BCUT2D eigenvalue weighted by molar-refractivity contribution is 5.14. The third-order valence-corrected chi connectivity index (χ3v) is 4.78. The second-order valence-corrected chi connectivity index (χ2v) is 6.87. The number of hydrogen-bond donors (Lipinski definition) is 1. The standard InChI is InChI=1S/C16H28N2O2/c1-5-10-18-12-13(11-17-18)14(19)16(20-4)8-6-15(2,3)7-9-16/h11-12,14,19H,5-10H2,1-4H3. The Labute approximate surface area is 122 Å². The molecule has 1 fully saturated rings. The Morgan fingerprint density at radius 3 is 2.55 bits per heavy atom. The van der Waals surface area contributed by atoms with Gasteiger partial charge in [0.05, 0.1) is 11.8 Å². The molecule has 1 heterocycles. The maximum atomic E-state index is 10.8. The lowest BCUT2D eigenvalue weighted by Gasteiger charge is -2.45. The molecule has 1 aromatic rings. The predicted molar refractivity (Wildman–Crippen MR) is 79.5 cm³/mol. The van der Waals surface area contributed by atoms with Crippen molar-refractivity contribution in [1.29, 1.82) is 0 Å². The first-order valence-electron chi connectivity index (χ1n) is 7.68. The second kappa shape index (κ2) is 5.86. The third-order valence-electron chi connectivity index (χ3n) is 4.78. The van der Waals surface area contributed by atoms with Gasteiger partial charge in [-0.15, -0.1) is 0 Å². The summed E-state index contributed by atoms with van der Waals surface area (Å²) in [5.74, 6) is 0. The molecule has 20 heavy (non-hydrogen) atoms. The van der Waals surface area contributed by atoms with Crippen molar-refractivity contribution in [2.45, 2.75) is 71.1 Å². The fourth-order valence-electron chi connectivity index (χ4n) is 3.12. The van der Waals surface area contributed by atoms with Gasteiger partial charge in [0.1, 0.15) is 6.10 Å². The van der Waals surface area contributed by atoms with Crippen molar-refractivity contribution in [2.75, 3.05) is 7.11 Å². The number of aromatic nitrogens is 2. The van der Waals surface area contributed by atoms with E-state index in [1.54, 1.807) is 13.3 Å². The molecular weight excluding hydrogens is 252 g/mol. The highest BCUT2D eigenvalue weighted by Gasteiger charge is 2.44. The van der Waals surface area contributed by atoms with Crippen LogP contribution >= 0.6 is 0 Å². The van der Waals surface area contributed by atoms with E-state index in [9.17, 15) is 5.11 Å². The van der Waals surface area contributed by atoms with Crippen LogP contribution < -0.4 is 0 Å². The van der Waals surface area contributed by atoms with Gasteiger partial charge >= 0.3 is 0 Å². The molecule has 1 saturated carbocycles. The summed E-state index contributed by atoms with van der Waals surface area (Å²) in [5.41, 5.74) is 0.781. The normalized spacial score (nSPS) is 22.6. The molecule has 0 aromatic carbocycles. The van der Waals surface area contributed by atoms with E-state index in [-0.39, 0.29) is 0 Å². The average molecular weight is 280 g/mol. The van der Waals surface area contributed by atoms with Crippen LogP contribution in [-0.2, 0) is 11.3 Å². The summed E-state index contributed by atoms with van der Waals surface area (Å²) in [6.07, 6.45) is 8.15. The average Bonchev–Trinajstić information content (AvgIpc) is 2.88. The Bertz CT molecular complexity index is 429. The first-order chi connectivity index (χ1) is 9.42. The lowest BCUT2D eigenvalue weighted by Crippen LogP contribution is -2.43. The number of aliphatic hydroxyl groups is 1. The van der Waals surface area contributed by atoms with Gasteiger partial charge in [0, 0.05) is 25.4 Å². The molecule has 4 nitrogen and oxygen atoms in total. The molecule has 0 amide bonds. The number of hydrogen-bond acceptors (Lipinski definition) is 3. The van der Waals surface area contributed by atoms with E-state index in [1.165, 1.54) is 0 Å². The number of aliphatic hydroxyl groups excluding tert-OH is 1. The van der Waals surface area contributed by atoms with Crippen LogP contribution in [0.5, 0.6) is 0 Å². The summed E-state index contributed by atoms with van der Waals surface area (Å²) in [5, 5.41) is 15.1. The molecule has 0 saturated heterocycles. The van der Waals surface area contributed by atoms with Crippen molar-refractivity contribution in [3.05, 3.63) is 18.0 Å². The molecule has 0 spiro atoms. The van der Waals surface area contributed by atoms with Crippen LogP contribution in [0.15, 0.2) is 12.4 Å². The van der Waals surface area contributed by atoms with Crippen LogP contribution in [0, 0.1) is 5.41 Å². The van der Waals surface area contributed by atoms with Crippen molar-refractivity contribution in [3.8, 4) is 0 Å². The van der Waals surface area contributed by atoms with Gasteiger partial charge in [-0.05, 0) is 37.5 Å². The second-order valence-electron chi connectivity index (χ2n) is 6.87. The van der Waals surface area contributed by atoms with Crippen molar-refractivity contribution < 1.29 is 9.84 Å². The van der Waals surface area contributed by atoms with Crippen LogP contribution in [0.2, 0.25) is 0 Å². The Balaban J connectivity index is 2.14. The zero-order valence-corrected chi connectivity index (χ0v) is 13.2. The van der Waals surface area contributed by atoms with Gasteiger partial charge in [0.25, 0.3) is 0 Å². The molecular formula is C16H28N2O2. The molecule has 114 valence electrons. The van der Waals surface area contributed by atoms with Gasteiger partial charge in [0.15, 0.2) is 0 Å². The molecule has 1 aliphatic rings. The van der Waals surface area contributed by atoms with E-state index in [0.717, 1.165) is 44.2 Å². The molecule has 1 unspecified atom stereocenters. The fourth-order valence-corrected chi connectivity index (χ4v) is 3.12. The SMILES string of the molecule is CCCn1cc(C(O)C2(OC)CCC(C)(C)CC2)cn1. The largest absolute Gasteiger partial charge is 0.385 e. The summed E-state index contributed by atoms with van der Waals surface area (Å²) in [6.45, 7) is 7.59. The first kappa shape index (κ1) is 15.5. The fraction of sp³-hybridized carbons (Fsp3) is 0.812. The number of rotatable bonds is 5. The number of nitrogens with zero attached hydrogens (tertiary/aromatic N) is 2. The molecule has 0 bridgehead atoms. The summed E-state index contributed by atoms with van der Waals surface area (Å²) < 4.78 is 7.67. The lowest BCUT2D eigenvalue weighted by atomic mass is 9.68. The van der Waals surface area contributed by atoms with E-state index in [2.05, 4.69) is 25.9 Å². The van der Waals surface area contributed by atoms with Crippen LogP contribution in [0.3, 0.4) is 0 Å². The molecule has 0 radical (unpaired) electrons. The monoisotopic (exact) mass is 280 g/mol. The van der Waals surface area contributed by atoms with E-state index in [4.69, 9.17) is 4.74 Å². The van der Waals surface area contributed by atoms with Gasteiger partial charge in [-0.1, -0.05) is 20.8 Å². The van der Waals surface area contributed by atoms with Crippen LogP contribution in [-0.4, -0.2) is 27.6 Å².